The molecule has 1 aromatic rings. The Hall–Kier alpha value is -0.150. The van der Waals surface area contributed by atoms with Crippen molar-refractivity contribution in [2.75, 3.05) is 17.4 Å². The van der Waals surface area contributed by atoms with Gasteiger partial charge in [0.25, 0.3) is 0 Å². The Morgan fingerprint density at radius 3 is 3.00 bits per heavy atom. The van der Waals surface area contributed by atoms with Crippen molar-refractivity contribution in [2.45, 2.75) is 13.5 Å². The fourth-order valence-corrected chi connectivity index (χ4v) is 1.93. The van der Waals surface area contributed by atoms with E-state index < -0.39 is 0 Å². The summed E-state index contributed by atoms with van der Waals surface area (Å²) >= 11 is 7.43. The molecule has 12 heavy (non-hydrogen) atoms. The third-order valence-corrected chi connectivity index (χ3v) is 3.00. The molecule has 0 radical (unpaired) electrons. The van der Waals surface area contributed by atoms with Crippen molar-refractivity contribution in [1.29, 1.82) is 0 Å². The highest BCUT2D eigenvalue weighted by molar-refractivity contribution is 7.99. The first-order valence-corrected chi connectivity index (χ1v) is 5.65. The zero-order valence-electron chi connectivity index (χ0n) is 7.16. The first-order chi connectivity index (χ1) is 5.84. The molecule has 0 saturated carbocycles. The fraction of sp³-hybridized carbons (Fsp3) is 0.625. The van der Waals surface area contributed by atoms with Gasteiger partial charge in [-0.25, -0.2) is 4.98 Å². The van der Waals surface area contributed by atoms with E-state index in [1.165, 1.54) is 0 Å². The van der Waals surface area contributed by atoms with E-state index >= 15 is 0 Å². The summed E-state index contributed by atoms with van der Waals surface area (Å²) in [6, 6.07) is 0. The number of imidazole rings is 1. The van der Waals surface area contributed by atoms with Gasteiger partial charge in [-0.15, -0.1) is 11.6 Å². The molecular weight excluding hydrogens is 192 g/mol. The van der Waals surface area contributed by atoms with Crippen LogP contribution in [0.4, 0.5) is 0 Å². The van der Waals surface area contributed by atoms with E-state index in [9.17, 15) is 0 Å². The molecular formula is C8H13ClN2S. The van der Waals surface area contributed by atoms with Crippen LogP contribution in [0, 0.1) is 6.92 Å². The first-order valence-electron chi connectivity index (χ1n) is 3.96. The molecule has 0 amide bonds. The molecule has 0 aliphatic heterocycles. The molecule has 0 unspecified atom stereocenters. The van der Waals surface area contributed by atoms with E-state index in [1.807, 2.05) is 31.1 Å². The molecule has 0 aliphatic carbocycles. The summed E-state index contributed by atoms with van der Waals surface area (Å²) < 4.78 is 2.15. The maximum Gasteiger partial charge on any atom is 0.105 e. The van der Waals surface area contributed by atoms with Gasteiger partial charge in [0.05, 0.1) is 0 Å². The average Bonchev–Trinajstić information content (AvgIpc) is 2.46. The molecule has 0 saturated heterocycles. The van der Waals surface area contributed by atoms with Crippen molar-refractivity contribution in [1.82, 2.24) is 9.55 Å². The Labute approximate surface area is 82.3 Å². The van der Waals surface area contributed by atoms with Crippen molar-refractivity contribution in [3.05, 3.63) is 18.2 Å². The molecule has 4 heteroatoms. The van der Waals surface area contributed by atoms with Crippen molar-refractivity contribution in [3.63, 3.8) is 0 Å². The second kappa shape index (κ2) is 5.49. The van der Waals surface area contributed by atoms with Crippen molar-refractivity contribution < 1.29 is 0 Å². The smallest absolute Gasteiger partial charge is 0.105 e. The number of aryl methyl sites for hydroxylation is 2. The molecule has 0 bridgehead atoms. The first kappa shape index (κ1) is 9.93. The summed E-state index contributed by atoms with van der Waals surface area (Å²) in [6.07, 6.45) is 3.85. The van der Waals surface area contributed by atoms with E-state index in [2.05, 4.69) is 9.55 Å². The van der Waals surface area contributed by atoms with Crippen molar-refractivity contribution in [3.8, 4) is 0 Å². The molecule has 1 aromatic heterocycles. The van der Waals surface area contributed by atoms with Gasteiger partial charge in [-0.05, 0) is 6.92 Å². The van der Waals surface area contributed by atoms with Crippen LogP contribution in [0.25, 0.3) is 0 Å². The van der Waals surface area contributed by atoms with E-state index in [4.69, 9.17) is 11.6 Å². The normalized spacial score (nSPS) is 10.5. The number of rotatable bonds is 5. The minimum atomic E-state index is 0.744. The molecule has 1 rings (SSSR count). The summed E-state index contributed by atoms with van der Waals surface area (Å²) in [5, 5.41) is 0. The Kier molecular flexibility index (Phi) is 4.54. The Morgan fingerprint density at radius 1 is 1.58 bits per heavy atom. The minimum Gasteiger partial charge on any atom is -0.334 e. The molecule has 0 spiro atoms. The predicted molar refractivity (Wildman–Crippen MR) is 55.0 cm³/mol. The van der Waals surface area contributed by atoms with Crippen molar-refractivity contribution >= 4 is 23.4 Å². The lowest BCUT2D eigenvalue weighted by Gasteiger charge is -2.03. The fourth-order valence-electron chi connectivity index (χ4n) is 0.960. The number of thioether (sulfide) groups is 1. The maximum absolute atomic E-state index is 5.55. The highest BCUT2D eigenvalue weighted by Crippen LogP contribution is 2.03. The SMILES string of the molecule is Cc1nccn1CCSCCCl. The van der Waals surface area contributed by atoms with Crippen LogP contribution in [0.3, 0.4) is 0 Å². The summed E-state index contributed by atoms with van der Waals surface area (Å²) in [5.41, 5.74) is 0. The van der Waals surface area contributed by atoms with Gasteiger partial charge in [-0.2, -0.15) is 11.8 Å². The standard InChI is InChI=1S/C8H13ClN2S/c1-8-10-3-4-11(8)5-7-12-6-2-9/h3-4H,2,5-7H2,1H3. The third kappa shape index (κ3) is 3.07. The van der Waals surface area contributed by atoms with E-state index in [-0.39, 0.29) is 0 Å². The Balaban J connectivity index is 2.20. The van der Waals surface area contributed by atoms with E-state index in [0.29, 0.717) is 0 Å². The molecule has 68 valence electrons. The number of halogens is 1. The average molecular weight is 205 g/mol. The van der Waals surface area contributed by atoms with Crippen LogP contribution < -0.4 is 0 Å². The van der Waals surface area contributed by atoms with Crippen LogP contribution in [0.2, 0.25) is 0 Å². The summed E-state index contributed by atoms with van der Waals surface area (Å²) in [6.45, 7) is 3.06. The number of alkyl halides is 1. The van der Waals surface area contributed by atoms with Gasteiger partial charge in [-0.1, -0.05) is 0 Å². The van der Waals surface area contributed by atoms with Gasteiger partial charge in [0.2, 0.25) is 0 Å². The van der Waals surface area contributed by atoms with Crippen LogP contribution in [-0.4, -0.2) is 26.9 Å². The zero-order valence-corrected chi connectivity index (χ0v) is 8.74. The molecule has 0 atom stereocenters. The number of hydrogen-bond donors (Lipinski definition) is 0. The van der Waals surface area contributed by atoms with Gasteiger partial charge in [-0.3, -0.25) is 0 Å². The Bertz CT molecular complexity index is 225. The molecule has 0 aromatic carbocycles. The predicted octanol–water partition coefficient (Wildman–Crippen LogP) is 2.16. The summed E-state index contributed by atoms with van der Waals surface area (Å²) in [7, 11) is 0. The quantitative estimate of drug-likeness (QED) is 0.541. The lowest BCUT2D eigenvalue weighted by molar-refractivity contribution is 0.738. The van der Waals surface area contributed by atoms with Crippen LogP contribution in [-0.2, 0) is 6.54 Å². The number of aromatic nitrogens is 2. The Morgan fingerprint density at radius 2 is 2.42 bits per heavy atom. The number of nitrogens with zero attached hydrogens (tertiary/aromatic N) is 2. The van der Waals surface area contributed by atoms with Gasteiger partial charge in [0.1, 0.15) is 5.82 Å². The minimum absolute atomic E-state index is 0.744. The van der Waals surface area contributed by atoms with Crippen LogP contribution in [0.1, 0.15) is 5.82 Å². The van der Waals surface area contributed by atoms with Crippen LogP contribution >= 0.6 is 23.4 Å². The second-order valence-corrected chi connectivity index (χ2v) is 4.07. The molecule has 0 N–H and O–H groups in total. The number of hydrogen-bond acceptors (Lipinski definition) is 2. The second-order valence-electron chi connectivity index (χ2n) is 2.47. The highest BCUT2D eigenvalue weighted by atomic mass is 35.5. The molecule has 2 nitrogen and oxygen atoms in total. The third-order valence-electron chi connectivity index (χ3n) is 1.62. The topological polar surface area (TPSA) is 17.8 Å². The van der Waals surface area contributed by atoms with Gasteiger partial charge in [0, 0.05) is 36.3 Å². The van der Waals surface area contributed by atoms with Gasteiger partial charge in [0.15, 0.2) is 0 Å². The summed E-state index contributed by atoms with van der Waals surface area (Å²) in [5.74, 6) is 3.98. The summed E-state index contributed by atoms with van der Waals surface area (Å²) in [4.78, 5) is 4.14. The largest absolute Gasteiger partial charge is 0.334 e. The molecule has 1 heterocycles. The lowest BCUT2D eigenvalue weighted by Crippen LogP contribution is -2.01. The van der Waals surface area contributed by atoms with Crippen molar-refractivity contribution in [2.24, 2.45) is 0 Å². The molecule has 0 fully saturated rings. The monoisotopic (exact) mass is 204 g/mol. The maximum atomic E-state index is 5.55. The lowest BCUT2D eigenvalue weighted by atomic mass is 10.6. The van der Waals surface area contributed by atoms with Crippen LogP contribution in [0.5, 0.6) is 0 Å². The molecule has 0 aliphatic rings. The van der Waals surface area contributed by atoms with Crippen LogP contribution in [0.15, 0.2) is 12.4 Å². The zero-order chi connectivity index (χ0) is 8.81. The van der Waals surface area contributed by atoms with Gasteiger partial charge < -0.3 is 4.57 Å². The van der Waals surface area contributed by atoms with E-state index in [0.717, 1.165) is 29.8 Å². The highest BCUT2D eigenvalue weighted by Gasteiger charge is 1.95. The van der Waals surface area contributed by atoms with E-state index in [1.54, 1.807) is 0 Å². The van der Waals surface area contributed by atoms with Gasteiger partial charge >= 0.3 is 0 Å².